The summed E-state index contributed by atoms with van der Waals surface area (Å²) in [5.74, 6) is -0.0900. The van der Waals surface area contributed by atoms with Crippen molar-refractivity contribution in [3.63, 3.8) is 0 Å². The summed E-state index contributed by atoms with van der Waals surface area (Å²) in [6, 6.07) is 23.2. The predicted octanol–water partition coefficient (Wildman–Crippen LogP) is 5.99. The van der Waals surface area contributed by atoms with Gasteiger partial charge in [-0.15, -0.1) is 0 Å². The first kappa shape index (κ1) is 30.9. The van der Waals surface area contributed by atoms with Gasteiger partial charge in [-0.2, -0.15) is 0 Å². The van der Waals surface area contributed by atoms with Crippen LogP contribution in [0.3, 0.4) is 0 Å². The zero-order valence-corrected chi connectivity index (χ0v) is 25.6. The molecule has 1 amide bonds. The first-order valence-electron chi connectivity index (χ1n) is 12.9. The fourth-order valence-corrected chi connectivity index (χ4v) is 6.72. The molecular weight excluding hydrogens is 598 g/mol. The third-order valence-corrected chi connectivity index (χ3v) is 9.87. The summed E-state index contributed by atoms with van der Waals surface area (Å²) in [5.41, 5.74) is 2.47. The number of hydrogen-bond donors (Lipinski definition) is 2. The second-order valence-corrected chi connectivity index (χ2v) is 13.3. The van der Waals surface area contributed by atoms with Crippen LogP contribution in [0.15, 0.2) is 101 Å². The normalized spacial score (nSPS) is 11.5. The maximum absolute atomic E-state index is 13.6. The van der Waals surface area contributed by atoms with E-state index in [4.69, 9.17) is 16.3 Å². The number of aryl methyl sites for hydroxylation is 1. The summed E-state index contributed by atoms with van der Waals surface area (Å²) in [6.45, 7) is 5.32. The van der Waals surface area contributed by atoms with E-state index in [2.05, 4.69) is 10.0 Å². The summed E-state index contributed by atoms with van der Waals surface area (Å²) < 4.78 is 62.1. The fraction of sp³-hybridized carbons (Fsp3) is 0.167. The average Bonchev–Trinajstić information content (AvgIpc) is 2.95. The summed E-state index contributed by atoms with van der Waals surface area (Å²) in [7, 11) is -8.06. The van der Waals surface area contributed by atoms with Crippen LogP contribution in [0.1, 0.15) is 18.1 Å². The van der Waals surface area contributed by atoms with Gasteiger partial charge in [0.05, 0.1) is 27.8 Å². The molecule has 220 valence electrons. The molecule has 0 bridgehead atoms. The van der Waals surface area contributed by atoms with Gasteiger partial charge in [-0.25, -0.2) is 16.8 Å². The Kier molecular flexibility index (Phi) is 9.45. The lowest BCUT2D eigenvalue weighted by Gasteiger charge is -2.24. The summed E-state index contributed by atoms with van der Waals surface area (Å²) in [5, 5.41) is 3.08. The highest BCUT2D eigenvalue weighted by Gasteiger charge is 2.27. The molecule has 0 aromatic heterocycles. The minimum absolute atomic E-state index is 0.00340. The van der Waals surface area contributed by atoms with E-state index in [-0.39, 0.29) is 9.79 Å². The molecule has 12 heteroatoms. The van der Waals surface area contributed by atoms with Crippen molar-refractivity contribution in [2.24, 2.45) is 0 Å². The van der Waals surface area contributed by atoms with Crippen LogP contribution < -0.4 is 19.1 Å². The van der Waals surface area contributed by atoms with E-state index >= 15 is 0 Å². The van der Waals surface area contributed by atoms with Crippen molar-refractivity contribution >= 4 is 54.6 Å². The van der Waals surface area contributed by atoms with Crippen molar-refractivity contribution in [1.29, 1.82) is 0 Å². The van der Waals surface area contributed by atoms with Gasteiger partial charge in [0.15, 0.2) is 0 Å². The Labute approximate surface area is 251 Å². The third-order valence-electron chi connectivity index (χ3n) is 6.29. The van der Waals surface area contributed by atoms with Gasteiger partial charge in [0, 0.05) is 10.7 Å². The van der Waals surface area contributed by atoms with E-state index in [9.17, 15) is 21.6 Å². The van der Waals surface area contributed by atoms with Gasteiger partial charge < -0.3 is 10.1 Å². The van der Waals surface area contributed by atoms with E-state index in [1.165, 1.54) is 36.4 Å². The number of nitrogens with one attached hydrogen (secondary N) is 2. The lowest BCUT2D eigenvalue weighted by atomic mass is 10.2. The van der Waals surface area contributed by atoms with E-state index in [0.717, 1.165) is 9.87 Å². The monoisotopic (exact) mass is 627 g/mol. The van der Waals surface area contributed by atoms with Crippen LogP contribution in [0.2, 0.25) is 5.02 Å². The van der Waals surface area contributed by atoms with Gasteiger partial charge in [-0.3, -0.25) is 13.8 Å². The van der Waals surface area contributed by atoms with Crippen LogP contribution >= 0.6 is 11.6 Å². The molecule has 0 saturated heterocycles. The maximum Gasteiger partial charge on any atom is 0.264 e. The molecule has 4 rings (SSSR count). The van der Waals surface area contributed by atoms with Crippen LogP contribution in [0.5, 0.6) is 5.75 Å². The SMILES string of the molecule is CCOc1ccc(S(=O)(=O)N(CC(=O)Nc2ccc(S(=O)(=O)Nc3cccc(Cl)c3C)cc2)c2ccc(C)cc2)cc1. The molecule has 4 aromatic rings. The Balaban J connectivity index is 1.53. The van der Waals surface area contributed by atoms with Gasteiger partial charge in [0.25, 0.3) is 20.0 Å². The molecule has 0 unspecified atom stereocenters. The molecular formula is C30H30ClN3O6S2. The minimum atomic E-state index is -4.13. The Morgan fingerprint density at radius 3 is 2.07 bits per heavy atom. The number of sulfonamides is 2. The number of hydrogen-bond acceptors (Lipinski definition) is 6. The molecule has 0 aliphatic carbocycles. The first-order valence-corrected chi connectivity index (χ1v) is 16.2. The number of rotatable bonds is 11. The van der Waals surface area contributed by atoms with E-state index in [0.29, 0.717) is 40.0 Å². The lowest BCUT2D eigenvalue weighted by molar-refractivity contribution is -0.114. The zero-order chi connectivity index (χ0) is 30.5. The Bertz CT molecular complexity index is 1780. The van der Waals surface area contributed by atoms with Gasteiger partial charge in [0.2, 0.25) is 5.91 Å². The zero-order valence-electron chi connectivity index (χ0n) is 23.2. The third kappa shape index (κ3) is 7.22. The number of carbonyl (C=O) groups excluding carboxylic acids is 1. The van der Waals surface area contributed by atoms with Gasteiger partial charge in [0.1, 0.15) is 12.3 Å². The predicted molar refractivity (Wildman–Crippen MR) is 165 cm³/mol. The maximum atomic E-state index is 13.6. The number of anilines is 3. The number of nitrogens with zero attached hydrogens (tertiary/aromatic N) is 1. The Morgan fingerprint density at radius 2 is 1.45 bits per heavy atom. The Hall–Kier alpha value is -4.06. The van der Waals surface area contributed by atoms with E-state index in [1.807, 2.05) is 13.8 Å². The van der Waals surface area contributed by atoms with Crippen LogP contribution in [-0.4, -0.2) is 35.9 Å². The highest BCUT2D eigenvalue weighted by atomic mass is 35.5. The smallest absolute Gasteiger partial charge is 0.264 e. The second kappa shape index (κ2) is 12.8. The minimum Gasteiger partial charge on any atom is -0.494 e. The quantitative estimate of drug-likeness (QED) is 0.211. The highest BCUT2D eigenvalue weighted by Crippen LogP contribution is 2.27. The van der Waals surface area contributed by atoms with Gasteiger partial charge in [-0.1, -0.05) is 35.4 Å². The van der Waals surface area contributed by atoms with E-state index < -0.39 is 32.5 Å². The van der Waals surface area contributed by atoms with Crippen molar-refractivity contribution in [2.45, 2.75) is 30.6 Å². The largest absolute Gasteiger partial charge is 0.494 e. The molecule has 0 aliphatic heterocycles. The fourth-order valence-electron chi connectivity index (χ4n) is 4.00. The molecule has 0 radical (unpaired) electrons. The van der Waals surface area contributed by atoms with Crippen molar-refractivity contribution < 1.29 is 26.4 Å². The number of halogens is 1. The second-order valence-electron chi connectivity index (χ2n) is 9.34. The molecule has 0 aliphatic rings. The number of carbonyl (C=O) groups is 1. The number of benzene rings is 4. The topological polar surface area (TPSA) is 122 Å². The molecule has 0 atom stereocenters. The molecule has 0 saturated carbocycles. The molecule has 0 spiro atoms. The molecule has 4 aromatic carbocycles. The van der Waals surface area contributed by atoms with Crippen LogP contribution in [0.4, 0.5) is 17.1 Å². The van der Waals surface area contributed by atoms with Crippen molar-refractivity contribution in [2.75, 3.05) is 27.5 Å². The summed E-state index contributed by atoms with van der Waals surface area (Å²) in [4.78, 5) is 13.1. The standard InChI is InChI=1S/C30H30ClN3O6S2/c1-4-40-25-14-18-27(19-15-25)42(38,39)34(24-12-8-21(2)9-13-24)20-30(35)32-23-10-16-26(17-11-23)41(36,37)33-29-7-5-6-28(31)22(29)3/h5-19,33H,4,20H2,1-3H3,(H,32,35). The molecule has 0 fully saturated rings. The van der Waals surface area contributed by atoms with Gasteiger partial charge >= 0.3 is 0 Å². The van der Waals surface area contributed by atoms with Crippen LogP contribution in [0, 0.1) is 13.8 Å². The van der Waals surface area contributed by atoms with Crippen LogP contribution in [0.25, 0.3) is 0 Å². The summed E-state index contributed by atoms with van der Waals surface area (Å²) >= 11 is 6.10. The first-order chi connectivity index (χ1) is 19.9. The highest BCUT2D eigenvalue weighted by molar-refractivity contribution is 7.93. The Morgan fingerprint density at radius 1 is 0.833 bits per heavy atom. The molecule has 42 heavy (non-hydrogen) atoms. The molecule has 0 heterocycles. The van der Waals surface area contributed by atoms with Gasteiger partial charge in [-0.05, 0) is 99.1 Å². The number of ether oxygens (including phenoxy) is 1. The molecule has 2 N–H and O–H groups in total. The van der Waals surface area contributed by atoms with Crippen LogP contribution in [-0.2, 0) is 24.8 Å². The average molecular weight is 628 g/mol. The van der Waals surface area contributed by atoms with Crippen molar-refractivity contribution in [3.8, 4) is 5.75 Å². The lowest BCUT2D eigenvalue weighted by Crippen LogP contribution is -2.38. The van der Waals surface area contributed by atoms with E-state index in [1.54, 1.807) is 61.5 Å². The number of amides is 1. The van der Waals surface area contributed by atoms with Crippen molar-refractivity contribution in [1.82, 2.24) is 0 Å². The molecule has 9 nitrogen and oxygen atoms in total. The van der Waals surface area contributed by atoms with Crippen molar-refractivity contribution in [3.05, 3.63) is 107 Å². The summed E-state index contributed by atoms with van der Waals surface area (Å²) in [6.07, 6.45) is 0.